The molecule has 0 saturated carbocycles. The lowest BCUT2D eigenvalue weighted by Crippen LogP contribution is -2.48. The Morgan fingerprint density at radius 1 is 1.29 bits per heavy atom. The van der Waals surface area contributed by atoms with E-state index >= 15 is 0 Å². The molecule has 0 bridgehead atoms. The smallest absolute Gasteiger partial charge is 0.269 e. The van der Waals surface area contributed by atoms with Crippen molar-refractivity contribution >= 4 is 34.9 Å². The summed E-state index contributed by atoms with van der Waals surface area (Å²) in [4.78, 5) is 42.6. The highest BCUT2D eigenvalue weighted by Crippen LogP contribution is 2.34. The van der Waals surface area contributed by atoms with Crippen LogP contribution in [0.3, 0.4) is 0 Å². The molecule has 2 aliphatic rings. The van der Waals surface area contributed by atoms with Gasteiger partial charge in [-0.25, -0.2) is 4.98 Å². The molecule has 3 N–H and O–H groups in total. The van der Waals surface area contributed by atoms with Crippen LogP contribution in [0, 0.1) is 0 Å². The third-order valence-electron chi connectivity index (χ3n) is 4.53. The number of nitrogen functional groups attached to an aromatic ring is 1. The minimum atomic E-state index is -0.693. The van der Waals surface area contributed by atoms with E-state index in [0.29, 0.717) is 29.2 Å². The summed E-state index contributed by atoms with van der Waals surface area (Å²) in [5.74, 6) is 0.372. The van der Waals surface area contributed by atoms with Crippen molar-refractivity contribution in [2.24, 2.45) is 0 Å². The van der Waals surface area contributed by atoms with E-state index in [4.69, 9.17) is 15.2 Å². The van der Waals surface area contributed by atoms with E-state index in [1.807, 2.05) is 6.92 Å². The van der Waals surface area contributed by atoms with Gasteiger partial charge >= 0.3 is 0 Å². The van der Waals surface area contributed by atoms with Crippen LogP contribution in [0.1, 0.15) is 23.7 Å². The van der Waals surface area contributed by atoms with Crippen LogP contribution in [0.5, 0.6) is 11.5 Å². The molecular weight excluding hydrogens is 364 g/mol. The molecule has 0 spiro atoms. The highest BCUT2D eigenvalue weighted by molar-refractivity contribution is 6.08. The van der Waals surface area contributed by atoms with Gasteiger partial charge in [-0.1, -0.05) is 6.92 Å². The fourth-order valence-corrected chi connectivity index (χ4v) is 3.12. The Morgan fingerprint density at radius 3 is 2.86 bits per heavy atom. The van der Waals surface area contributed by atoms with E-state index in [-0.39, 0.29) is 42.4 Å². The monoisotopic (exact) mass is 382 g/mol. The number of amides is 2. The predicted octanol–water partition coefficient (Wildman–Crippen LogP) is 1.38. The number of rotatable bonds is 4. The maximum atomic E-state index is 12.9. The molecular formula is C19H18N4O5. The van der Waals surface area contributed by atoms with Gasteiger partial charge in [0.05, 0.1) is 12.2 Å². The molecule has 1 aromatic carbocycles. The lowest BCUT2D eigenvalue weighted by atomic mass is 10.1. The van der Waals surface area contributed by atoms with Gasteiger partial charge in [0, 0.05) is 5.56 Å². The lowest BCUT2D eigenvalue weighted by molar-refractivity contribution is -0.126. The molecule has 2 aromatic rings. The minimum Gasteiger partial charge on any atom is -0.482 e. The standard InChI is InChI=1S/C19H18N4O5/c1-2-13-19(26)23(18-15(28-13)5-6-16(20)22-18)8-12(24)10-3-4-14-11(7-10)21-17(25)9-27-14/h3-7,13H,2,8-9H2,1H3,(H2,20,22)(H,21,25). The molecule has 2 aliphatic heterocycles. The zero-order valence-corrected chi connectivity index (χ0v) is 15.1. The molecule has 0 aliphatic carbocycles. The highest BCUT2D eigenvalue weighted by atomic mass is 16.5. The van der Waals surface area contributed by atoms with Crippen LogP contribution in [-0.4, -0.2) is 41.8 Å². The zero-order chi connectivity index (χ0) is 19.8. The quantitative estimate of drug-likeness (QED) is 0.766. The Kier molecular flexibility index (Phi) is 4.34. The van der Waals surface area contributed by atoms with Crippen LogP contribution in [0.2, 0.25) is 0 Å². The predicted molar refractivity (Wildman–Crippen MR) is 101 cm³/mol. The van der Waals surface area contributed by atoms with Crippen LogP contribution in [0.4, 0.5) is 17.3 Å². The van der Waals surface area contributed by atoms with E-state index in [2.05, 4.69) is 10.3 Å². The van der Waals surface area contributed by atoms with Crippen molar-refractivity contribution in [1.29, 1.82) is 0 Å². The molecule has 1 aromatic heterocycles. The van der Waals surface area contributed by atoms with E-state index in [1.54, 1.807) is 24.3 Å². The summed E-state index contributed by atoms with van der Waals surface area (Å²) in [6, 6.07) is 7.95. The van der Waals surface area contributed by atoms with E-state index < -0.39 is 6.10 Å². The van der Waals surface area contributed by atoms with Crippen molar-refractivity contribution in [2.75, 3.05) is 29.1 Å². The largest absolute Gasteiger partial charge is 0.482 e. The molecule has 9 nitrogen and oxygen atoms in total. The average Bonchev–Trinajstić information content (AvgIpc) is 2.69. The van der Waals surface area contributed by atoms with Crippen molar-refractivity contribution in [3.63, 3.8) is 0 Å². The number of hydrogen-bond donors (Lipinski definition) is 2. The van der Waals surface area contributed by atoms with E-state index in [0.717, 1.165) is 0 Å². The van der Waals surface area contributed by atoms with Crippen LogP contribution in [0.15, 0.2) is 30.3 Å². The summed E-state index contributed by atoms with van der Waals surface area (Å²) < 4.78 is 11.0. The fraction of sp³-hybridized carbons (Fsp3) is 0.263. The van der Waals surface area contributed by atoms with Gasteiger partial charge in [-0.15, -0.1) is 0 Å². The number of nitrogens with zero attached hydrogens (tertiary/aromatic N) is 2. The molecule has 9 heteroatoms. The number of pyridine rings is 1. The Balaban J connectivity index is 1.63. The maximum absolute atomic E-state index is 12.9. The number of fused-ring (bicyclic) bond motifs is 2. The molecule has 0 saturated heterocycles. The first kappa shape index (κ1) is 17.8. The van der Waals surface area contributed by atoms with Crippen LogP contribution >= 0.6 is 0 Å². The number of nitrogens with two attached hydrogens (primary N) is 1. The Hall–Kier alpha value is -3.62. The van der Waals surface area contributed by atoms with Gasteiger partial charge in [0.2, 0.25) is 0 Å². The molecule has 144 valence electrons. The number of aromatic nitrogens is 1. The maximum Gasteiger partial charge on any atom is 0.269 e. The summed E-state index contributed by atoms with van der Waals surface area (Å²) in [6.45, 7) is 1.53. The molecule has 2 amide bonds. The minimum absolute atomic E-state index is 0.0646. The summed E-state index contributed by atoms with van der Waals surface area (Å²) in [5, 5.41) is 2.66. The Bertz CT molecular complexity index is 990. The molecule has 4 rings (SSSR count). The van der Waals surface area contributed by atoms with Gasteiger partial charge in [-0.2, -0.15) is 0 Å². The highest BCUT2D eigenvalue weighted by Gasteiger charge is 2.36. The summed E-state index contributed by atoms with van der Waals surface area (Å²) in [6.07, 6.45) is -0.239. The second-order valence-electron chi connectivity index (χ2n) is 6.47. The van der Waals surface area contributed by atoms with Crippen molar-refractivity contribution in [3.8, 4) is 11.5 Å². The lowest BCUT2D eigenvalue weighted by Gasteiger charge is -2.32. The zero-order valence-electron chi connectivity index (χ0n) is 15.1. The van der Waals surface area contributed by atoms with Crippen LogP contribution in [-0.2, 0) is 9.59 Å². The number of nitrogens with one attached hydrogen (secondary N) is 1. The number of Topliss-reactive ketones (excluding diaryl/α,β-unsaturated/α-hetero) is 1. The number of ketones is 1. The van der Waals surface area contributed by atoms with E-state index in [1.165, 1.54) is 11.0 Å². The second-order valence-corrected chi connectivity index (χ2v) is 6.47. The summed E-state index contributed by atoms with van der Waals surface area (Å²) in [5.41, 5.74) is 6.50. The van der Waals surface area contributed by atoms with Crippen molar-refractivity contribution in [2.45, 2.75) is 19.4 Å². The number of hydrogen-bond acceptors (Lipinski definition) is 7. The fourth-order valence-electron chi connectivity index (χ4n) is 3.12. The summed E-state index contributed by atoms with van der Waals surface area (Å²) in [7, 11) is 0. The third-order valence-corrected chi connectivity index (χ3v) is 4.53. The van der Waals surface area contributed by atoms with Gasteiger partial charge in [0.25, 0.3) is 11.8 Å². The molecule has 0 radical (unpaired) electrons. The van der Waals surface area contributed by atoms with Crippen LogP contribution < -0.4 is 25.4 Å². The molecule has 1 unspecified atom stereocenters. The topological polar surface area (TPSA) is 124 Å². The Labute approximate surface area is 160 Å². The van der Waals surface area contributed by atoms with Crippen molar-refractivity contribution in [1.82, 2.24) is 4.98 Å². The van der Waals surface area contributed by atoms with Crippen molar-refractivity contribution < 1.29 is 23.9 Å². The number of anilines is 3. The molecule has 1 atom stereocenters. The first-order chi connectivity index (χ1) is 13.5. The SMILES string of the molecule is CCC1Oc2ccc(N)nc2N(CC(=O)c2ccc3c(c2)NC(=O)CO3)C1=O. The van der Waals surface area contributed by atoms with E-state index in [9.17, 15) is 14.4 Å². The number of ether oxygens (including phenoxy) is 2. The third kappa shape index (κ3) is 3.11. The number of carbonyl (C=O) groups excluding carboxylic acids is 3. The van der Waals surface area contributed by atoms with Gasteiger partial charge in [0.15, 0.2) is 30.1 Å². The van der Waals surface area contributed by atoms with Gasteiger partial charge in [-0.05, 0) is 36.8 Å². The van der Waals surface area contributed by atoms with Crippen molar-refractivity contribution in [3.05, 3.63) is 35.9 Å². The van der Waals surface area contributed by atoms with Gasteiger partial charge < -0.3 is 20.5 Å². The molecule has 0 fully saturated rings. The van der Waals surface area contributed by atoms with Gasteiger partial charge in [0.1, 0.15) is 11.6 Å². The second kappa shape index (κ2) is 6.84. The average molecular weight is 382 g/mol. The molecule has 28 heavy (non-hydrogen) atoms. The number of carbonyl (C=O) groups is 3. The Morgan fingerprint density at radius 2 is 2.07 bits per heavy atom. The van der Waals surface area contributed by atoms with Gasteiger partial charge in [-0.3, -0.25) is 19.3 Å². The first-order valence-electron chi connectivity index (χ1n) is 8.80. The molecule has 3 heterocycles. The first-order valence-corrected chi connectivity index (χ1v) is 8.80. The summed E-state index contributed by atoms with van der Waals surface area (Å²) >= 11 is 0. The normalized spacial score (nSPS) is 17.8. The van der Waals surface area contributed by atoms with Crippen LogP contribution in [0.25, 0.3) is 0 Å². The number of benzene rings is 1.